The standard InChI is InChI=1S/C12H20N2O5/c1-7(10(15)13-19)14(2)11(16)8-5-3-4-6-9(8)12(17)18/h7-9,19H,3-6H2,1-2H3,(H,13,15)(H,17,18)/t7?,8-,9-/m0/s1. The molecule has 1 aliphatic rings. The number of hydrogen-bond donors (Lipinski definition) is 3. The highest BCUT2D eigenvalue weighted by atomic mass is 16.5. The van der Waals surface area contributed by atoms with E-state index in [2.05, 4.69) is 0 Å². The lowest BCUT2D eigenvalue weighted by Gasteiger charge is -2.33. The van der Waals surface area contributed by atoms with E-state index in [-0.39, 0.29) is 5.91 Å². The zero-order valence-electron chi connectivity index (χ0n) is 11.1. The lowest BCUT2D eigenvalue weighted by atomic mass is 9.78. The van der Waals surface area contributed by atoms with E-state index >= 15 is 0 Å². The van der Waals surface area contributed by atoms with Crippen molar-refractivity contribution in [2.75, 3.05) is 7.05 Å². The van der Waals surface area contributed by atoms with E-state index in [4.69, 9.17) is 10.3 Å². The maximum Gasteiger partial charge on any atom is 0.307 e. The monoisotopic (exact) mass is 272 g/mol. The Morgan fingerprint density at radius 1 is 1.21 bits per heavy atom. The first-order valence-corrected chi connectivity index (χ1v) is 6.33. The lowest BCUT2D eigenvalue weighted by molar-refractivity contribution is -0.154. The second-order valence-corrected chi connectivity index (χ2v) is 4.94. The number of nitrogens with one attached hydrogen (secondary N) is 1. The summed E-state index contributed by atoms with van der Waals surface area (Å²) in [6.45, 7) is 1.47. The number of amides is 2. The molecule has 1 unspecified atom stereocenters. The molecule has 108 valence electrons. The topological polar surface area (TPSA) is 107 Å². The van der Waals surface area contributed by atoms with Gasteiger partial charge >= 0.3 is 5.97 Å². The Kier molecular flexibility index (Phi) is 5.29. The van der Waals surface area contributed by atoms with Gasteiger partial charge in [0.1, 0.15) is 6.04 Å². The van der Waals surface area contributed by atoms with Crippen molar-refractivity contribution in [1.82, 2.24) is 10.4 Å². The maximum absolute atomic E-state index is 12.3. The molecule has 3 N–H and O–H groups in total. The maximum atomic E-state index is 12.3. The third-order valence-electron chi connectivity index (χ3n) is 3.82. The summed E-state index contributed by atoms with van der Waals surface area (Å²) in [6, 6.07) is -0.839. The number of likely N-dealkylation sites (N-methyl/N-ethyl adjacent to an activating group) is 1. The number of carbonyl (C=O) groups is 3. The first-order chi connectivity index (χ1) is 8.90. The average molecular weight is 272 g/mol. The highest BCUT2D eigenvalue weighted by Gasteiger charge is 2.38. The smallest absolute Gasteiger partial charge is 0.307 e. The van der Waals surface area contributed by atoms with Gasteiger partial charge in [0.15, 0.2) is 0 Å². The van der Waals surface area contributed by atoms with Crippen LogP contribution in [0.25, 0.3) is 0 Å². The van der Waals surface area contributed by atoms with Gasteiger partial charge in [-0.1, -0.05) is 12.8 Å². The fraction of sp³-hybridized carbons (Fsp3) is 0.750. The molecule has 0 aromatic carbocycles. The van der Waals surface area contributed by atoms with Gasteiger partial charge in [0.2, 0.25) is 5.91 Å². The van der Waals surface area contributed by atoms with Crippen LogP contribution >= 0.6 is 0 Å². The molecule has 7 nitrogen and oxygen atoms in total. The van der Waals surface area contributed by atoms with Crippen LogP contribution < -0.4 is 5.48 Å². The van der Waals surface area contributed by atoms with E-state index < -0.39 is 29.8 Å². The van der Waals surface area contributed by atoms with Gasteiger partial charge in [-0.05, 0) is 19.8 Å². The number of nitrogens with zero attached hydrogens (tertiary/aromatic N) is 1. The van der Waals surface area contributed by atoms with E-state index in [1.807, 2.05) is 0 Å². The number of hydroxylamine groups is 1. The Hall–Kier alpha value is -1.63. The fourth-order valence-electron chi connectivity index (χ4n) is 2.44. The third kappa shape index (κ3) is 3.44. The molecule has 2 amide bonds. The predicted molar refractivity (Wildman–Crippen MR) is 65.2 cm³/mol. The second kappa shape index (κ2) is 6.51. The molecular weight excluding hydrogens is 252 g/mol. The van der Waals surface area contributed by atoms with Gasteiger partial charge in [-0.2, -0.15) is 0 Å². The zero-order valence-corrected chi connectivity index (χ0v) is 11.1. The van der Waals surface area contributed by atoms with E-state index in [9.17, 15) is 14.4 Å². The van der Waals surface area contributed by atoms with Gasteiger partial charge in [0.25, 0.3) is 5.91 Å². The Morgan fingerprint density at radius 3 is 2.21 bits per heavy atom. The quantitative estimate of drug-likeness (QED) is 0.501. The van der Waals surface area contributed by atoms with E-state index in [1.165, 1.54) is 24.4 Å². The molecule has 1 fully saturated rings. The van der Waals surface area contributed by atoms with Gasteiger partial charge in [-0.3, -0.25) is 19.6 Å². The van der Waals surface area contributed by atoms with Crippen molar-refractivity contribution < 1.29 is 24.7 Å². The highest BCUT2D eigenvalue weighted by Crippen LogP contribution is 2.31. The third-order valence-corrected chi connectivity index (χ3v) is 3.82. The molecule has 0 spiro atoms. The number of hydrogen-bond acceptors (Lipinski definition) is 4. The van der Waals surface area contributed by atoms with Gasteiger partial charge in [-0.15, -0.1) is 0 Å². The number of carbonyl (C=O) groups excluding carboxylic acids is 2. The molecule has 0 bridgehead atoms. The summed E-state index contributed by atoms with van der Waals surface area (Å²) in [7, 11) is 1.44. The van der Waals surface area contributed by atoms with Crippen LogP contribution in [-0.4, -0.2) is 46.1 Å². The van der Waals surface area contributed by atoms with Crippen molar-refractivity contribution in [2.45, 2.75) is 38.6 Å². The minimum atomic E-state index is -0.967. The van der Waals surface area contributed by atoms with Crippen LogP contribution in [0.5, 0.6) is 0 Å². The molecule has 0 aromatic heterocycles. The summed E-state index contributed by atoms with van der Waals surface area (Å²) < 4.78 is 0. The molecule has 0 saturated heterocycles. The molecule has 0 radical (unpaired) electrons. The Balaban J connectivity index is 2.79. The Bertz CT molecular complexity index is 371. The first-order valence-electron chi connectivity index (χ1n) is 6.33. The predicted octanol–water partition coefficient (Wildman–Crippen LogP) is 0.230. The molecule has 1 aliphatic carbocycles. The van der Waals surface area contributed by atoms with Crippen molar-refractivity contribution in [3.63, 3.8) is 0 Å². The summed E-state index contributed by atoms with van der Waals surface area (Å²) in [5.41, 5.74) is 1.49. The molecule has 1 saturated carbocycles. The lowest BCUT2D eigenvalue weighted by Crippen LogP contribution is -2.49. The summed E-state index contributed by atoms with van der Waals surface area (Å²) in [5.74, 6) is -3.30. The van der Waals surface area contributed by atoms with Crippen LogP contribution in [0.3, 0.4) is 0 Å². The van der Waals surface area contributed by atoms with Crippen molar-refractivity contribution in [3.8, 4) is 0 Å². The SMILES string of the molecule is CC(C(=O)NO)N(C)C(=O)[C@H]1CCCC[C@@H]1C(=O)O. The van der Waals surface area contributed by atoms with Crippen LogP contribution in [0.15, 0.2) is 0 Å². The van der Waals surface area contributed by atoms with E-state index in [0.717, 1.165) is 12.8 Å². The van der Waals surface area contributed by atoms with Gasteiger partial charge < -0.3 is 10.0 Å². The Labute approximate surface area is 111 Å². The highest BCUT2D eigenvalue weighted by molar-refractivity contribution is 5.89. The zero-order chi connectivity index (χ0) is 14.6. The second-order valence-electron chi connectivity index (χ2n) is 4.94. The molecule has 1 rings (SSSR count). The van der Waals surface area contributed by atoms with Crippen molar-refractivity contribution in [3.05, 3.63) is 0 Å². The minimum Gasteiger partial charge on any atom is -0.481 e. The van der Waals surface area contributed by atoms with Crippen LogP contribution in [0.2, 0.25) is 0 Å². The van der Waals surface area contributed by atoms with Gasteiger partial charge in [0.05, 0.1) is 11.8 Å². The number of carboxylic acid groups (broad SMARTS) is 1. The largest absolute Gasteiger partial charge is 0.481 e. The van der Waals surface area contributed by atoms with Gasteiger partial charge in [-0.25, -0.2) is 5.48 Å². The van der Waals surface area contributed by atoms with Crippen molar-refractivity contribution >= 4 is 17.8 Å². The van der Waals surface area contributed by atoms with Crippen LogP contribution in [0.1, 0.15) is 32.6 Å². The Morgan fingerprint density at radius 2 is 1.74 bits per heavy atom. The fourth-order valence-corrected chi connectivity index (χ4v) is 2.44. The molecule has 0 aromatic rings. The number of rotatable bonds is 4. The van der Waals surface area contributed by atoms with E-state index in [0.29, 0.717) is 12.8 Å². The van der Waals surface area contributed by atoms with E-state index in [1.54, 1.807) is 0 Å². The normalized spacial score (nSPS) is 24.4. The molecule has 19 heavy (non-hydrogen) atoms. The summed E-state index contributed by atoms with van der Waals surface area (Å²) in [4.78, 5) is 35.9. The van der Waals surface area contributed by atoms with Gasteiger partial charge in [0, 0.05) is 7.05 Å². The number of aliphatic carboxylic acids is 1. The average Bonchev–Trinajstić information content (AvgIpc) is 2.43. The molecule has 3 atom stereocenters. The van der Waals surface area contributed by atoms with Crippen molar-refractivity contribution in [1.29, 1.82) is 0 Å². The summed E-state index contributed by atoms with van der Waals surface area (Å²) in [5, 5.41) is 17.7. The summed E-state index contributed by atoms with van der Waals surface area (Å²) in [6.07, 6.45) is 2.62. The molecule has 7 heteroatoms. The summed E-state index contributed by atoms with van der Waals surface area (Å²) >= 11 is 0. The number of carboxylic acids is 1. The molecule has 0 heterocycles. The van der Waals surface area contributed by atoms with Crippen molar-refractivity contribution in [2.24, 2.45) is 11.8 Å². The van der Waals surface area contributed by atoms with Crippen LogP contribution in [0, 0.1) is 11.8 Å². The van der Waals surface area contributed by atoms with Crippen LogP contribution in [0.4, 0.5) is 0 Å². The molecule has 0 aliphatic heterocycles. The minimum absolute atomic E-state index is 0.358. The first kappa shape index (κ1) is 15.4. The van der Waals surface area contributed by atoms with Crippen LogP contribution in [-0.2, 0) is 14.4 Å². The molecular formula is C12H20N2O5.